The first-order chi connectivity index (χ1) is 15.5. The molecule has 8 nitrogen and oxygen atoms in total. The molecule has 164 valence electrons. The molecule has 2 fully saturated rings. The molecule has 1 amide bonds. The number of H-pyrrole nitrogens is 1. The maximum atomic E-state index is 12.9. The van der Waals surface area contributed by atoms with Crippen LogP contribution in [-0.4, -0.2) is 47.1 Å². The van der Waals surface area contributed by atoms with E-state index in [-0.39, 0.29) is 17.6 Å². The number of benzene rings is 2. The molecular formula is C24H24N4O4. The Morgan fingerprint density at radius 2 is 2.00 bits per heavy atom. The van der Waals surface area contributed by atoms with E-state index in [0.717, 1.165) is 30.5 Å². The van der Waals surface area contributed by atoms with E-state index in [9.17, 15) is 9.59 Å². The predicted molar refractivity (Wildman–Crippen MR) is 118 cm³/mol. The van der Waals surface area contributed by atoms with Crippen molar-refractivity contribution < 1.29 is 13.9 Å². The summed E-state index contributed by atoms with van der Waals surface area (Å²) < 4.78 is 11.3. The fraction of sp³-hybridized carbons (Fsp3) is 0.375. The molecule has 1 spiro atoms. The van der Waals surface area contributed by atoms with Gasteiger partial charge in [-0.15, -0.1) is 0 Å². The van der Waals surface area contributed by atoms with E-state index in [1.165, 1.54) is 0 Å². The van der Waals surface area contributed by atoms with Crippen molar-refractivity contribution in [1.29, 1.82) is 5.26 Å². The van der Waals surface area contributed by atoms with Gasteiger partial charge in [0, 0.05) is 24.3 Å². The van der Waals surface area contributed by atoms with Crippen LogP contribution in [-0.2, 0) is 11.2 Å². The number of carbonyl (C=O) groups is 1. The maximum Gasteiger partial charge on any atom is 0.417 e. The molecule has 32 heavy (non-hydrogen) atoms. The van der Waals surface area contributed by atoms with E-state index in [1.54, 1.807) is 18.2 Å². The largest absolute Gasteiger partial charge is 0.417 e. The summed E-state index contributed by atoms with van der Waals surface area (Å²) in [6.45, 7) is 1.93. The summed E-state index contributed by atoms with van der Waals surface area (Å²) in [5.74, 6) is -0.432. The lowest BCUT2D eigenvalue weighted by atomic mass is 9.87. The summed E-state index contributed by atoms with van der Waals surface area (Å²) in [7, 11) is 0. The third-order valence-electron chi connectivity index (χ3n) is 6.44. The third-order valence-corrected chi connectivity index (χ3v) is 6.44. The lowest BCUT2D eigenvalue weighted by molar-refractivity contribution is -0.0388. The summed E-state index contributed by atoms with van der Waals surface area (Å²) in [4.78, 5) is 28.8. The Balaban J connectivity index is 1.18. The number of carbonyl (C=O) groups excluding carboxylic acids is 1. The molecule has 2 aliphatic heterocycles. The van der Waals surface area contributed by atoms with Gasteiger partial charge in [0.1, 0.15) is 0 Å². The number of fused-ring (bicyclic) bond motifs is 1. The van der Waals surface area contributed by atoms with E-state index < -0.39 is 5.76 Å². The minimum Gasteiger partial charge on any atom is -0.408 e. The molecule has 3 heterocycles. The summed E-state index contributed by atoms with van der Waals surface area (Å²) in [5, 5.41) is 12.3. The topological polar surface area (TPSA) is 111 Å². The number of nitriles is 1. The first kappa shape index (κ1) is 20.3. The molecule has 2 N–H and O–H groups in total. The van der Waals surface area contributed by atoms with E-state index >= 15 is 0 Å². The Hall–Kier alpha value is -3.57. The molecule has 2 aromatic carbocycles. The first-order valence-corrected chi connectivity index (χ1v) is 10.8. The molecule has 3 aromatic rings. The fourth-order valence-corrected chi connectivity index (χ4v) is 4.72. The van der Waals surface area contributed by atoms with Crippen molar-refractivity contribution in [3.63, 3.8) is 0 Å². The van der Waals surface area contributed by atoms with Crippen molar-refractivity contribution in [2.45, 2.75) is 37.3 Å². The van der Waals surface area contributed by atoms with Crippen molar-refractivity contribution in [3.8, 4) is 6.07 Å². The Labute approximate surface area is 184 Å². The number of amides is 1. The third kappa shape index (κ3) is 3.99. The van der Waals surface area contributed by atoms with Crippen LogP contribution in [0.1, 0.15) is 35.2 Å². The second-order valence-electron chi connectivity index (χ2n) is 8.59. The molecule has 2 aliphatic rings. The number of aromatic nitrogens is 1. The van der Waals surface area contributed by atoms with Crippen LogP contribution in [0.2, 0.25) is 0 Å². The van der Waals surface area contributed by atoms with Crippen LogP contribution in [0.25, 0.3) is 11.1 Å². The lowest BCUT2D eigenvalue weighted by Gasteiger charge is -2.38. The Morgan fingerprint density at radius 1 is 1.22 bits per heavy atom. The number of aromatic amines is 1. The van der Waals surface area contributed by atoms with Gasteiger partial charge in [0.2, 0.25) is 0 Å². The highest BCUT2D eigenvalue weighted by molar-refractivity contribution is 5.94. The molecule has 0 saturated carbocycles. The second kappa shape index (κ2) is 8.17. The monoisotopic (exact) mass is 432 g/mol. The van der Waals surface area contributed by atoms with Crippen LogP contribution in [0, 0.1) is 11.3 Å². The normalized spacial score (nSPS) is 19.8. The second-order valence-corrected chi connectivity index (χ2v) is 8.59. The zero-order valence-electron chi connectivity index (χ0n) is 17.6. The van der Waals surface area contributed by atoms with Crippen LogP contribution in [0.5, 0.6) is 0 Å². The molecule has 1 unspecified atom stereocenters. The summed E-state index contributed by atoms with van der Waals surface area (Å²) >= 11 is 0. The molecule has 0 bridgehead atoms. The van der Waals surface area contributed by atoms with Crippen LogP contribution in [0.3, 0.4) is 0 Å². The van der Waals surface area contributed by atoms with Crippen LogP contribution in [0.15, 0.2) is 51.7 Å². The number of oxazole rings is 1. The van der Waals surface area contributed by atoms with Crippen LogP contribution >= 0.6 is 0 Å². The van der Waals surface area contributed by atoms with Gasteiger partial charge in [0.05, 0.1) is 36.3 Å². The van der Waals surface area contributed by atoms with Crippen LogP contribution < -0.4 is 11.1 Å². The minimum absolute atomic E-state index is 0.0263. The van der Waals surface area contributed by atoms with Gasteiger partial charge in [-0.1, -0.05) is 12.1 Å². The number of hydrogen-bond acceptors (Lipinski definition) is 6. The van der Waals surface area contributed by atoms with Gasteiger partial charge < -0.3 is 19.4 Å². The van der Waals surface area contributed by atoms with E-state index in [2.05, 4.69) is 16.4 Å². The smallest absolute Gasteiger partial charge is 0.408 e. The number of nitrogens with zero attached hydrogens (tertiary/aromatic N) is 2. The SMILES string of the molecule is N#CCc1ccc(C(=O)N2CCC3(CC2)CC(Nc2ccc4oc(=O)[nH]c4c2)CO3)cc1. The van der Waals surface area contributed by atoms with Gasteiger partial charge >= 0.3 is 5.76 Å². The average molecular weight is 432 g/mol. The zero-order chi connectivity index (χ0) is 22.1. The van der Waals surface area contributed by atoms with Gasteiger partial charge in [0.15, 0.2) is 5.58 Å². The molecule has 0 radical (unpaired) electrons. The van der Waals surface area contributed by atoms with Gasteiger partial charge in [-0.05, 0) is 55.2 Å². The lowest BCUT2D eigenvalue weighted by Crippen LogP contribution is -2.46. The van der Waals surface area contributed by atoms with Gasteiger partial charge in [-0.2, -0.15) is 5.26 Å². The zero-order valence-corrected chi connectivity index (χ0v) is 17.6. The highest BCUT2D eigenvalue weighted by Gasteiger charge is 2.43. The Bertz CT molecular complexity index is 1230. The molecule has 8 heteroatoms. The van der Waals surface area contributed by atoms with Crippen molar-refractivity contribution in [2.24, 2.45) is 0 Å². The number of hydrogen-bond donors (Lipinski definition) is 2. The highest BCUT2D eigenvalue weighted by atomic mass is 16.5. The van der Waals surface area contributed by atoms with Crippen molar-refractivity contribution >= 4 is 22.7 Å². The highest BCUT2D eigenvalue weighted by Crippen LogP contribution is 2.37. The van der Waals surface area contributed by atoms with Gasteiger partial charge in [0.25, 0.3) is 5.91 Å². The number of piperidine rings is 1. The van der Waals surface area contributed by atoms with Gasteiger partial charge in [-0.25, -0.2) is 4.79 Å². The van der Waals surface area contributed by atoms with E-state index in [4.69, 9.17) is 14.4 Å². The maximum absolute atomic E-state index is 12.9. The first-order valence-electron chi connectivity index (χ1n) is 10.8. The molecular weight excluding hydrogens is 408 g/mol. The number of ether oxygens (including phenoxy) is 1. The molecule has 0 aliphatic carbocycles. The minimum atomic E-state index is -0.459. The Kier molecular flexibility index (Phi) is 5.19. The van der Waals surface area contributed by atoms with Crippen molar-refractivity contribution in [2.75, 3.05) is 25.0 Å². The Morgan fingerprint density at radius 3 is 2.75 bits per heavy atom. The standard InChI is InChI=1S/C24H24N4O4/c25-10-7-16-1-3-17(4-2-16)22(29)28-11-8-24(9-12-28)14-19(15-31-24)26-18-5-6-21-20(13-18)27-23(30)32-21/h1-6,13,19,26H,7-9,11-12,14-15H2,(H,27,30). The number of rotatable bonds is 4. The molecule has 5 rings (SSSR count). The molecule has 2 saturated heterocycles. The van der Waals surface area contributed by atoms with Crippen molar-refractivity contribution in [1.82, 2.24) is 9.88 Å². The summed E-state index contributed by atoms with van der Waals surface area (Å²) in [6.07, 6.45) is 2.83. The quantitative estimate of drug-likeness (QED) is 0.655. The van der Waals surface area contributed by atoms with E-state index in [0.29, 0.717) is 42.8 Å². The fourth-order valence-electron chi connectivity index (χ4n) is 4.72. The van der Waals surface area contributed by atoms with E-state index in [1.807, 2.05) is 29.2 Å². The summed E-state index contributed by atoms with van der Waals surface area (Å²) in [6, 6.07) is 15.1. The number of nitrogens with one attached hydrogen (secondary N) is 2. The summed E-state index contributed by atoms with van der Waals surface area (Å²) in [5.41, 5.74) is 3.48. The van der Waals surface area contributed by atoms with Crippen molar-refractivity contribution in [3.05, 3.63) is 64.1 Å². The van der Waals surface area contributed by atoms with Gasteiger partial charge in [-0.3, -0.25) is 9.78 Å². The molecule has 1 atom stereocenters. The predicted octanol–water partition coefficient (Wildman–Crippen LogP) is 3.06. The average Bonchev–Trinajstić information content (AvgIpc) is 3.36. The number of likely N-dealkylation sites (tertiary alicyclic amines) is 1. The number of anilines is 1. The molecule has 1 aromatic heterocycles. The van der Waals surface area contributed by atoms with Crippen LogP contribution in [0.4, 0.5) is 5.69 Å².